The number of halogens is 3. The first-order chi connectivity index (χ1) is 13.8. The molecule has 0 aliphatic carbocycles. The molecule has 0 radical (unpaired) electrons. The molecule has 1 saturated heterocycles. The number of imide groups is 1. The van der Waals surface area contributed by atoms with Gasteiger partial charge in [0.15, 0.2) is 0 Å². The van der Waals surface area contributed by atoms with Gasteiger partial charge in [0.2, 0.25) is 5.88 Å². The largest absolute Gasteiger partial charge is 0.481 e. The zero-order valence-corrected chi connectivity index (χ0v) is 15.4. The molecule has 4 rings (SSSR count). The van der Waals surface area contributed by atoms with Gasteiger partial charge in [-0.05, 0) is 23.9 Å². The highest BCUT2D eigenvalue weighted by molar-refractivity contribution is 8.18. The predicted octanol–water partition coefficient (Wildman–Crippen LogP) is 4.24. The molecule has 1 fully saturated rings. The summed E-state index contributed by atoms with van der Waals surface area (Å²) in [7, 11) is 1.10. The van der Waals surface area contributed by atoms with Gasteiger partial charge in [0.25, 0.3) is 11.1 Å². The lowest BCUT2D eigenvalue weighted by molar-refractivity contribution is -0.139. The molecule has 4 heterocycles. The number of aromatic nitrogens is 2. The van der Waals surface area contributed by atoms with E-state index in [-0.39, 0.29) is 27.4 Å². The molecule has 1 aliphatic heterocycles. The number of hydrogen-bond acceptors (Lipinski definition) is 7. The molecule has 29 heavy (non-hydrogen) atoms. The number of carbonyl (C=O) groups is 2. The Hall–Kier alpha value is -3.34. The maximum absolute atomic E-state index is 13.3. The minimum Gasteiger partial charge on any atom is -0.481 e. The van der Waals surface area contributed by atoms with Crippen LogP contribution >= 0.6 is 11.8 Å². The van der Waals surface area contributed by atoms with E-state index in [1.165, 1.54) is 24.7 Å². The van der Waals surface area contributed by atoms with E-state index in [4.69, 9.17) is 9.15 Å². The Morgan fingerprint density at radius 3 is 2.66 bits per heavy atom. The zero-order chi connectivity index (χ0) is 20.8. The van der Waals surface area contributed by atoms with Gasteiger partial charge in [-0.2, -0.15) is 13.2 Å². The maximum atomic E-state index is 13.3. The van der Waals surface area contributed by atoms with Crippen LogP contribution in [0.3, 0.4) is 0 Å². The molecule has 148 valence electrons. The highest BCUT2D eigenvalue weighted by Gasteiger charge is 2.36. The number of nitrogens with zero attached hydrogens (tertiary/aromatic N) is 2. The van der Waals surface area contributed by atoms with Gasteiger partial charge in [0.1, 0.15) is 16.9 Å². The molecule has 2 amide bonds. The van der Waals surface area contributed by atoms with Crippen molar-refractivity contribution >= 4 is 40.0 Å². The summed E-state index contributed by atoms with van der Waals surface area (Å²) in [5, 5.41) is 2.14. The molecule has 0 aromatic carbocycles. The smallest absolute Gasteiger partial charge is 0.421 e. The molecular weight excluding hydrogens is 411 g/mol. The molecule has 0 atom stereocenters. The SMILES string of the molecule is COc1ncc(-c2cncc3cc(C=C4SC(=O)NC4=O)oc23)cc1C(F)(F)F. The number of pyridine rings is 2. The van der Waals surface area contributed by atoms with Gasteiger partial charge in [-0.15, -0.1) is 0 Å². The minimum absolute atomic E-state index is 0.132. The summed E-state index contributed by atoms with van der Waals surface area (Å²) >= 11 is 0.725. The molecular formula is C18H10F3N3O4S. The molecule has 0 unspecified atom stereocenters. The van der Waals surface area contributed by atoms with E-state index >= 15 is 0 Å². The average Bonchev–Trinajstić information content (AvgIpc) is 3.22. The van der Waals surface area contributed by atoms with Crippen molar-refractivity contribution in [2.45, 2.75) is 6.18 Å². The fourth-order valence-electron chi connectivity index (χ4n) is 2.77. The van der Waals surface area contributed by atoms with Gasteiger partial charge in [-0.3, -0.25) is 19.9 Å². The van der Waals surface area contributed by atoms with Crippen LogP contribution in [0.2, 0.25) is 0 Å². The van der Waals surface area contributed by atoms with Crippen LogP contribution in [0.5, 0.6) is 5.88 Å². The van der Waals surface area contributed by atoms with Gasteiger partial charge < -0.3 is 9.15 Å². The fourth-order valence-corrected chi connectivity index (χ4v) is 3.44. The minimum atomic E-state index is -4.66. The van der Waals surface area contributed by atoms with E-state index in [0.717, 1.165) is 24.9 Å². The standard InChI is InChI=1S/C18H10F3N3O4S/c1-27-16-12(18(19,20)21)3-8(6-23-16)11-7-22-5-9-2-10(28-14(9)11)4-13-15(25)24-17(26)29-13/h2-7H,1H3,(H,24,25,26). The van der Waals surface area contributed by atoms with Crippen molar-refractivity contribution in [1.29, 1.82) is 0 Å². The number of nitrogens with one attached hydrogen (secondary N) is 1. The van der Waals surface area contributed by atoms with Gasteiger partial charge >= 0.3 is 6.18 Å². The molecule has 3 aromatic rings. The van der Waals surface area contributed by atoms with Gasteiger partial charge in [0.05, 0.1) is 12.0 Å². The molecule has 7 nitrogen and oxygen atoms in total. The topological polar surface area (TPSA) is 94.3 Å². The maximum Gasteiger partial charge on any atom is 0.421 e. The fraction of sp³-hybridized carbons (Fsp3) is 0.111. The van der Waals surface area contributed by atoms with E-state index in [0.29, 0.717) is 5.39 Å². The van der Waals surface area contributed by atoms with Crippen molar-refractivity contribution in [3.63, 3.8) is 0 Å². The third kappa shape index (κ3) is 3.56. The van der Waals surface area contributed by atoms with Crippen LogP contribution in [0.15, 0.2) is 40.0 Å². The number of hydrogen-bond donors (Lipinski definition) is 1. The first-order valence-corrected chi connectivity index (χ1v) is 8.82. The summed E-state index contributed by atoms with van der Waals surface area (Å²) in [6.07, 6.45) is 0.770. The second-order valence-electron chi connectivity index (χ2n) is 5.89. The van der Waals surface area contributed by atoms with Crippen molar-refractivity contribution < 1.29 is 31.9 Å². The second kappa shape index (κ2) is 6.92. The van der Waals surface area contributed by atoms with Gasteiger partial charge in [-0.25, -0.2) is 4.98 Å². The van der Waals surface area contributed by atoms with Crippen molar-refractivity contribution in [1.82, 2.24) is 15.3 Å². The Balaban J connectivity index is 1.82. The average molecular weight is 421 g/mol. The molecule has 0 spiro atoms. The highest BCUT2D eigenvalue weighted by atomic mass is 32.2. The van der Waals surface area contributed by atoms with Crippen molar-refractivity contribution in [2.24, 2.45) is 0 Å². The Bertz CT molecular complexity index is 1190. The van der Waals surface area contributed by atoms with Crippen molar-refractivity contribution in [3.05, 3.63) is 47.0 Å². The number of amides is 2. The summed E-state index contributed by atoms with van der Waals surface area (Å²) in [5.41, 5.74) is -0.344. The Morgan fingerprint density at radius 2 is 2.00 bits per heavy atom. The number of methoxy groups -OCH3 is 1. The number of ether oxygens (including phenoxy) is 1. The zero-order valence-electron chi connectivity index (χ0n) is 14.5. The molecule has 0 bridgehead atoms. The third-order valence-corrected chi connectivity index (χ3v) is 4.83. The number of furan rings is 1. The lowest BCUT2D eigenvalue weighted by Gasteiger charge is -2.12. The molecule has 1 N–H and O–H groups in total. The summed E-state index contributed by atoms with van der Waals surface area (Å²) in [6.45, 7) is 0. The van der Waals surface area contributed by atoms with Gasteiger partial charge in [-0.1, -0.05) is 0 Å². The van der Waals surface area contributed by atoms with Crippen LogP contribution in [-0.4, -0.2) is 28.2 Å². The van der Waals surface area contributed by atoms with Crippen molar-refractivity contribution in [2.75, 3.05) is 7.11 Å². The summed E-state index contributed by atoms with van der Waals surface area (Å²) in [5.74, 6) is -0.840. The van der Waals surface area contributed by atoms with Crippen LogP contribution in [0.4, 0.5) is 18.0 Å². The van der Waals surface area contributed by atoms with Crippen molar-refractivity contribution in [3.8, 4) is 17.0 Å². The Labute approximate surface area is 165 Å². The van der Waals surface area contributed by atoms with E-state index < -0.39 is 28.8 Å². The van der Waals surface area contributed by atoms with Crippen LogP contribution < -0.4 is 10.1 Å². The first-order valence-electron chi connectivity index (χ1n) is 8.00. The summed E-state index contributed by atoms with van der Waals surface area (Å²) < 4.78 is 50.4. The highest BCUT2D eigenvalue weighted by Crippen LogP contribution is 2.39. The van der Waals surface area contributed by atoms with Crippen LogP contribution in [0.1, 0.15) is 11.3 Å². The van der Waals surface area contributed by atoms with Crippen LogP contribution in [0.25, 0.3) is 28.2 Å². The summed E-state index contributed by atoms with van der Waals surface area (Å²) in [4.78, 5) is 30.9. The van der Waals surface area contributed by atoms with E-state index in [2.05, 4.69) is 15.3 Å². The molecule has 11 heteroatoms. The number of rotatable bonds is 3. The van der Waals surface area contributed by atoms with E-state index in [1.54, 1.807) is 6.07 Å². The Morgan fingerprint density at radius 1 is 1.21 bits per heavy atom. The Kier molecular flexibility index (Phi) is 4.53. The quantitative estimate of drug-likeness (QED) is 0.632. The van der Waals surface area contributed by atoms with Crippen LogP contribution in [0, 0.1) is 0 Å². The first kappa shape index (κ1) is 19.0. The van der Waals surface area contributed by atoms with Gasteiger partial charge in [0, 0.05) is 41.2 Å². The lowest BCUT2D eigenvalue weighted by atomic mass is 10.1. The second-order valence-corrected chi connectivity index (χ2v) is 6.90. The van der Waals surface area contributed by atoms with Crippen LogP contribution in [-0.2, 0) is 11.0 Å². The molecule has 1 aliphatic rings. The number of fused-ring (bicyclic) bond motifs is 1. The van der Waals surface area contributed by atoms with E-state index in [1.807, 2.05) is 0 Å². The number of carbonyl (C=O) groups excluding carboxylic acids is 2. The predicted molar refractivity (Wildman–Crippen MR) is 97.9 cm³/mol. The lowest BCUT2D eigenvalue weighted by Crippen LogP contribution is -2.17. The normalized spacial score (nSPS) is 15.9. The summed E-state index contributed by atoms with van der Waals surface area (Å²) in [6, 6.07) is 2.47. The van der Waals surface area contributed by atoms with E-state index in [9.17, 15) is 22.8 Å². The number of thioether (sulfide) groups is 1. The molecule has 0 saturated carbocycles. The third-order valence-electron chi connectivity index (χ3n) is 4.02. The number of alkyl halides is 3. The monoisotopic (exact) mass is 421 g/mol. The molecule has 3 aromatic heterocycles.